The van der Waals surface area contributed by atoms with Gasteiger partial charge in [0.05, 0.1) is 7.11 Å². The maximum atomic E-state index is 10.0. The summed E-state index contributed by atoms with van der Waals surface area (Å²) in [7, 11) is 1.63. The summed E-state index contributed by atoms with van der Waals surface area (Å²) in [6, 6.07) is 5.87. The number of nitrogens with one attached hydrogen (secondary N) is 2. The lowest BCUT2D eigenvalue weighted by Crippen LogP contribution is -2.42. The molecule has 1 rings (SSSR count). The molecule has 0 aliphatic heterocycles. The summed E-state index contributed by atoms with van der Waals surface area (Å²) in [5.41, 5.74) is 1.16. The highest BCUT2D eigenvalue weighted by molar-refractivity contribution is 5.43. The zero-order chi connectivity index (χ0) is 18.4. The molecule has 5 nitrogen and oxygen atoms in total. The summed E-state index contributed by atoms with van der Waals surface area (Å²) in [5, 5.41) is 16.7. The van der Waals surface area contributed by atoms with Crippen LogP contribution in [0, 0.1) is 0 Å². The van der Waals surface area contributed by atoms with E-state index in [4.69, 9.17) is 9.47 Å². The molecule has 0 aromatic heterocycles. The number of aliphatic hydroxyl groups is 1. The minimum atomic E-state index is -0.573. The molecule has 0 fully saturated rings. The van der Waals surface area contributed by atoms with Crippen LogP contribution in [0.2, 0.25) is 0 Å². The van der Waals surface area contributed by atoms with Gasteiger partial charge < -0.3 is 25.2 Å². The first-order valence-electron chi connectivity index (χ1n) is 8.48. The maximum absolute atomic E-state index is 10.0. The summed E-state index contributed by atoms with van der Waals surface area (Å²) >= 11 is 0. The van der Waals surface area contributed by atoms with Gasteiger partial charge >= 0.3 is 0 Å². The minimum Gasteiger partial charge on any atom is -0.493 e. The normalized spacial score (nSPS) is 13.7. The van der Waals surface area contributed by atoms with Crippen molar-refractivity contribution in [2.45, 2.75) is 65.3 Å². The van der Waals surface area contributed by atoms with E-state index in [2.05, 4.69) is 52.2 Å². The Labute approximate surface area is 146 Å². The minimum absolute atomic E-state index is 0.0274. The fourth-order valence-electron chi connectivity index (χ4n) is 1.98. The molecule has 0 radical (unpaired) electrons. The van der Waals surface area contributed by atoms with Gasteiger partial charge in [0, 0.05) is 24.2 Å². The van der Waals surface area contributed by atoms with Gasteiger partial charge in [-0.1, -0.05) is 6.07 Å². The number of benzene rings is 1. The monoisotopic (exact) mass is 338 g/mol. The highest BCUT2D eigenvalue weighted by Gasteiger charge is 2.14. The van der Waals surface area contributed by atoms with Crippen LogP contribution in [0.4, 0.5) is 0 Å². The standard InChI is InChI=1S/C19H34N2O3/c1-18(2,3)20-11-14-8-9-16(17(10-14)23-7)24-13-15(22)12-21-19(4,5)6/h8-10,15,20-22H,11-13H2,1-7H3. The van der Waals surface area contributed by atoms with E-state index in [0.717, 1.165) is 12.1 Å². The first-order chi connectivity index (χ1) is 11.0. The Morgan fingerprint density at radius 1 is 1.00 bits per heavy atom. The summed E-state index contributed by atoms with van der Waals surface area (Å²) in [5.74, 6) is 1.33. The second-order valence-electron chi connectivity index (χ2n) is 8.18. The molecule has 1 unspecified atom stereocenters. The van der Waals surface area contributed by atoms with Gasteiger partial charge in [0.15, 0.2) is 11.5 Å². The van der Waals surface area contributed by atoms with Crippen LogP contribution in [0.5, 0.6) is 11.5 Å². The summed E-state index contributed by atoms with van der Waals surface area (Å²) in [6.45, 7) is 14.1. The van der Waals surface area contributed by atoms with Gasteiger partial charge in [-0.2, -0.15) is 0 Å². The Morgan fingerprint density at radius 3 is 2.17 bits per heavy atom. The van der Waals surface area contributed by atoms with Crippen LogP contribution in [0.1, 0.15) is 47.1 Å². The molecule has 3 N–H and O–H groups in total. The summed E-state index contributed by atoms with van der Waals surface area (Å²) in [6.07, 6.45) is -0.573. The molecule has 24 heavy (non-hydrogen) atoms. The summed E-state index contributed by atoms with van der Waals surface area (Å²) in [4.78, 5) is 0. The van der Waals surface area contributed by atoms with E-state index in [1.165, 1.54) is 0 Å². The molecular formula is C19H34N2O3. The van der Waals surface area contributed by atoms with E-state index < -0.39 is 6.10 Å². The van der Waals surface area contributed by atoms with Crippen LogP contribution in [0.25, 0.3) is 0 Å². The lowest BCUT2D eigenvalue weighted by molar-refractivity contribution is 0.0985. The predicted molar refractivity (Wildman–Crippen MR) is 98.8 cm³/mol. The Morgan fingerprint density at radius 2 is 1.62 bits per heavy atom. The molecule has 0 aliphatic carbocycles. The summed E-state index contributed by atoms with van der Waals surface area (Å²) < 4.78 is 11.1. The van der Waals surface area contributed by atoms with Gasteiger partial charge in [0.2, 0.25) is 0 Å². The van der Waals surface area contributed by atoms with Crippen molar-refractivity contribution < 1.29 is 14.6 Å². The highest BCUT2D eigenvalue weighted by atomic mass is 16.5. The molecule has 1 aromatic carbocycles. The first kappa shape index (κ1) is 20.7. The van der Waals surface area contributed by atoms with Crippen molar-refractivity contribution in [3.8, 4) is 11.5 Å². The molecule has 0 saturated heterocycles. The Kier molecular flexibility index (Phi) is 7.52. The second kappa shape index (κ2) is 8.70. The van der Waals surface area contributed by atoms with Crippen LogP contribution < -0.4 is 20.1 Å². The van der Waals surface area contributed by atoms with E-state index in [1.807, 2.05) is 18.2 Å². The van der Waals surface area contributed by atoms with Gasteiger partial charge in [-0.25, -0.2) is 0 Å². The molecule has 1 aromatic rings. The van der Waals surface area contributed by atoms with Crippen molar-refractivity contribution in [1.29, 1.82) is 0 Å². The van der Waals surface area contributed by atoms with E-state index in [-0.39, 0.29) is 17.7 Å². The molecule has 5 heteroatoms. The highest BCUT2D eigenvalue weighted by Crippen LogP contribution is 2.28. The molecule has 0 amide bonds. The number of hydrogen-bond donors (Lipinski definition) is 3. The number of β-amino-alcohol motifs (C(OH)–C–C–N with tert-alkyl or cyclic N) is 1. The third-order valence-electron chi connectivity index (χ3n) is 3.35. The molecule has 0 saturated carbocycles. The van der Waals surface area contributed by atoms with Crippen LogP contribution in [0.3, 0.4) is 0 Å². The van der Waals surface area contributed by atoms with Gasteiger partial charge in [0.25, 0.3) is 0 Å². The van der Waals surface area contributed by atoms with Crippen molar-refractivity contribution in [2.75, 3.05) is 20.3 Å². The van der Waals surface area contributed by atoms with E-state index in [1.54, 1.807) is 7.11 Å². The Hall–Kier alpha value is -1.30. The van der Waals surface area contributed by atoms with Crippen molar-refractivity contribution in [2.24, 2.45) is 0 Å². The number of hydrogen-bond acceptors (Lipinski definition) is 5. The van der Waals surface area contributed by atoms with Crippen LogP contribution in [0.15, 0.2) is 18.2 Å². The largest absolute Gasteiger partial charge is 0.493 e. The number of ether oxygens (including phenoxy) is 2. The fraction of sp³-hybridized carbons (Fsp3) is 0.684. The van der Waals surface area contributed by atoms with E-state index in [9.17, 15) is 5.11 Å². The smallest absolute Gasteiger partial charge is 0.161 e. The number of methoxy groups -OCH3 is 1. The topological polar surface area (TPSA) is 62.8 Å². The van der Waals surface area contributed by atoms with Crippen LogP contribution >= 0.6 is 0 Å². The third kappa shape index (κ3) is 8.52. The maximum Gasteiger partial charge on any atom is 0.161 e. The van der Waals surface area contributed by atoms with Gasteiger partial charge in [0.1, 0.15) is 12.7 Å². The Balaban J connectivity index is 2.59. The molecule has 0 heterocycles. The average Bonchev–Trinajstić information content (AvgIpc) is 2.47. The zero-order valence-electron chi connectivity index (χ0n) is 16.2. The quantitative estimate of drug-likeness (QED) is 0.680. The van der Waals surface area contributed by atoms with Crippen LogP contribution in [-0.2, 0) is 6.54 Å². The van der Waals surface area contributed by atoms with Crippen LogP contribution in [-0.4, -0.2) is 42.5 Å². The van der Waals surface area contributed by atoms with Crippen molar-refractivity contribution in [3.63, 3.8) is 0 Å². The molecule has 1 atom stereocenters. The van der Waals surface area contributed by atoms with Crippen molar-refractivity contribution in [1.82, 2.24) is 10.6 Å². The molecule has 138 valence electrons. The second-order valence-corrected chi connectivity index (χ2v) is 8.18. The number of rotatable bonds is 8. The van der Waals surface area contributed by atoms with Crippen molar-refractivity contribution in [3.05, 3.63) is 23.8 Å². The first-order valence-corrected chi connectivity index (χ1v) is 8.48. The molecule has 0 aliphatic rings. The average molecular weight is 338 g/mol. The van der Waals surface area contributed by atoms with Crippen molar-refractivity contribution >= 4 is 0 Å². The molecule has 0 spiro atoms. The molecule has 0 bridgehead atoms. The lowest BCUT2D eigenvalue weighted by atomic mass is 10.1. The van der Waals surface area contributed by atoms with E-state index in [0.29, 0.717) is 18.0 Å². The van der Waals surface area contributed by atoms with Gasteiger partial charge in [-0.05, 0) is 59.2 Å². The van der Waals surface area contributed by atoms with Gasteiger partial charge in [-0.15, -0.1) is 0 Å². The predicted octanol–water partition coefficient (Wildman–Crippen LogP) is 2.71. The number of aliphatic hydroxyl groups excluding tert-OH is 1. The van der Waals surface area contributed by atoms with E-state index >= 15 is 0 Å². The zero-order valence-corrected chi connectivity index (χ0v) is 16.2. The SMILES string of the molecule is COc1cc(CNC(C)(C)C)ccc1OCC(O)CNC(C)(C)C. The fourth-order valence-corrected chi connectivity index (χ4v) is 1.98. The third-order valence-corrected chi connectivity index (χ3v) is 3.35. The lowest BCUT2D eigenvalue weighted by Gasteiger charge is -2.23. The molecular weight excluding hydrogens is 304 g/mol. The van der Waals surface area contributed by atoms with Gasteiger partial charge in [-0.3, -0.25) is 0 Å². The Bertz CT molecular complexity index is 504.